The van der Waals surface area contributed by atoms with Gasteiger partial charge in [0.25, 0.3) is 0 Å². The Morgan fingerprint density at radius 3 is 2.83 bits per heavy atom. The van der Waals surface area contributed by atoms with Crippen molar-refractivity contribution in [2.24, 2.45) is 5.92 Å². The van der Waals surface area contributed by atoms with Gasteiger partial charge in [-0.2, -0.15) is 5.26 Å². The number of likely N-dealkylation sites (tertiary alicyclic amines) is 1. The largest absolute Gasteiger partial charge is 0.493 e. The highest BCUT2D eigenvalue weighted by molar-refractivity contribution is 5.77. The summed E-state index contributed by atoms with van der Waals surface area (Å²) >= 11 is 0. The van der Waals surface area contributed by atoms with Crippen molar-refractivity contribution in [1.82, 2.24) is 4.90 Å². The van der Waals surface area contributed by atoms with Gasteiger partial charge in [0.2, 0.25) is 0 Å². The summed E-state index contributed by atoms with van der Waals surface area (Å²) in [6, 6.07) is 6.59. The molecule has 7 nitrogen and oxygen atoms in total. The van der Waals surface area contributed by atoms with E-state index in [0.717, 1.165) is 0 Å². The van der Waals surface area contributed by atoms with Crippen LogP contribution in [0.3, 0.4) is 0 Å². The van der Waals surface area contributed by atoms with Gasteiger partial charge in [-0.15, -0.1) is 0 Å². The van der Waals surface area contributed by atoms with Crippen LogP contribution in [0.4, 0.5) is 4.79 Å². The maximum atomic E-state index is 12.4. The molecule has 24 heavy (non-hydrogen) atoms. The lowest BCUT2D eigenvalue weighted by Gasteiger charge is -2.30. The second kappa shape index (κ2) is 8.20. The Hall–Kier alpha value is -2.75. The first-order valence-electron chi connectivity index (χ1n) is 7.80. The molecule has 1 aliphatic rings. The van der Waals surface area contributed by atoms with Crippen molar-refractivity contribution in [2.45, 2.75) is 19.8 Å². The number of piperidine rings is 1. The second-order valence-electron chi connectivity index (χ2n) is 5.38. The van der Waals surface area contributed by atoms with Crippen molar-refractivity contribution >= 4 is 12.1 Å². The highest BCUT2D eigenvalue weighted by Crippen LogP contribution is 2.29. The molecule has 0 N–H and O–H groups in total. The van der Waals surface area contributed by atoms with E-state index < -0.39 is 18.0 Å². The maximum Gasteiger partial charge on any atom is 0.409 e. The normalized spacial score (nSPS) is 16.9. The number of esters is 1. The molecular formula is C17H20N2O5. The Balaban J connectivity index is 2.04. The van der Waals surface area contributed by atoms with E-state index in [4.69, 9.17) is 19.5 Å². The zero-order valence-electron chi connectivity index (χ0n) is 13.8. The smallest absolute Gasteiger partial charge is 0.409 e. The summed E-state index contributed by atoms with van der Waals surface area (Å²) in [5.74, 6) is -0.259. The predicted octanol–water partition coefficient (Wildman–Crippen LogP) is 2.34. The van der Waals surface area contributed by atoms with Gasteiger partial charge in [0.1, 0.15) is 0 Å². The van der Waals surface area contributed by atoms with Crippen LogP contribution >= 0.6 is 0 Å². The Morgan fingerprint density at radius 1 is 1.38 bits per heavy atom. The molecule has 2 rings (SSSR count). The Bertz CT molecular complexity index is 653. The third kappa shape index (κ3) is 4.16. The van der Waals surface area contributed by atoms with E-state index in [1.54, 1.807) is 13.0 Å². The number of amides is 1. The van der Waals surface area contributed by atoms with Gasteiger partial charge in [0, 0.05) is 19.2 Å². The summed E-state index contributed by atoms with van der Waals surface area (Å²) in [7, 11) is 1.44. The van der Waals surface area contributed by atoms with Gasteiger partial charge in [0.15, 0.2) is 11.5 Å². The van der Waals surface area contributed by atoms with E-state index in [1.165, 1.54) is 24.1 Å². The number of carbonyl (C=O) groups excluding carboxylic acids is 2. The second-order valence-corrected chi connectivity index (χ2v) is 5.38. The van der Waals surface area contributed by atoms with E-state index in [0.29, 0.717) is 37.3 Å². The molecule has 1 saturated heterocycles. The van der Waals surface area contributed by atoms with Crippen molar-refractivity contribution in [3.63, 3.8) is 0 Å². The molecule has 0 bridgehead atoms. The first kappa shape index (κ1) is 17.6. The molecule has 0 spiro atoms. The predicted molar refractivity (Wildman–Crippen MR) is 84.7 cm³/mol. The highest BCUT2D eigenvalue weighted by atomic mass is 16.6. The Morgan fingerprint density at radius 2 is 2.17 bits per heavy atom. The molecule has 1 amide bonds. The van der Waals surface area contributed by atoms with Crippen molar-refractivity contribution in [3.8, 4) is 17.6 Å². The third-order valence-corrected chi connectivity index (χ3v) is 3.78. The molecule has 0 unspecified atom stereocenters. The maximum absolute atomic E-state index is 12.4. The molecule has 0 aliphatic carbocycles. The summed E-state index contributed by atoms with van der Waals surface area (Å²) in [4.78, 5) is 25.7. The summed E-state index contributed by atoms with van der Waals surface area (Å²) in [5, 5.41) is 8.90. The summed E-state index contributed by atoms with van der Waals surface area (Å²) < 4.78 is 15.5. The number of benzene rings is 1. The number of hydrogen-bond acceptors (Lipinski definition) is 6. The van der Waals surface area contributed by atoms with Crippen molar-refractivity contribution in [3.05, 3.63) is 23.8 Å². The van der Waals surface area contributed by atoms with Gasteiger partial charge >= 0.3 is 12.1 Å². The Kier molecular flexibility index (Phi) is 6.01. The molecule has 1 heterocycles. The van der Waals surface area contributed by atoms with Crippen LogP contribution in [-0.4, -0.2) is 43.8 Å². The van der Waals surface area contributed by atoms with E-state index in [9.17, 15) is 9.59 Å². The Labute approximate surface area is 140 Å². The number of hydrogen-bond donors (Lipinski definition) is 0. The van der Waals surface area contributed by atoms with Gasteiger partial charge in [-0.3, -0.25) is 4.79 Å². The number of nitriles is 1. The first-order valence-corrected chi connectivity index (χ1v) is 7.80. The lowest BCUT2D eigenvalue weighted by atomic mass is 9.98. The summed E-state index contributed by atoms with van der Waals surface area (Å²) in [6.07, 6.45) is 0.946. The van der Waals surface area contributed by atoms with Crippen LogP contribution in [0.5, 0.6) is 11.5 Å². The lowest BCUT2D eigenvalue weighted by Crippen LogP contribution is -2.43. The van der Waals surface area contributed by atoms with Crippen molar-refractivity contribution in [1.29, 1.82) is 5.26 Å². The third-order valence-electron chi connectivity index (χ3n) is 3.78. The van der Waals surface area contributed by atoms with Gasteiger partial charge in [-0.05, 0) is 31.9 Å². The zero-order valence-corrected chi connectivity index (χ0v) is 13.8. The van der Waals surface area contributed by atoms with Gasteiger partial charge in [-0.25, -0.2) is 4.79 Å². The molecule has 1 aromatic rings. The number of ether oxygens (including phenoxy) is 3. The fraction of sp³-hybridized carbons (Fsp3) is 0.471. The average molecular weight is 332 g/mol. The van der Waals surface area contributed by atoms with Crippen LogP contribution < -0.4 is 9.47 Å². The van der Waals surface area contributed by atoms with Gasteiger partial charge in [-0.1, -0.05) is 0 Å². The summed E-state index contributed by atoms with van der Waals surface area (Å²) in [6.45, 7) is 2.89. The standard InChI is InChI=1S/C17H20N2O5/c1-3-23-17(21)19-8-4-5-13(11-19)16(20)24-14-7-6-12(10-18)9-15(14)22-2/h6-7,9,13H,3-5,8,11H2,1-2H3/t13-/m1/s1. The molecule has 0 aromatic heterocycles. The van der Waals surface area contributed by atoms with Gasteiger partial charge in [0.05, 0.1) is 31.3 Å². The van der Waals surface area contributed by atoms with Crippen LogP contribution in [0.15, 0.2) is 18.2 Å². The SMILES string of the molecule is CCOC(=O)N1CCC[C@@H](C(=O)Oc2ccc(C#N)cc2OC)C1. The number of carbonyl (C=O) groups is 2. The fourth-order valence-electron chi connectivity index (χ4n) is 2.56. The minimum atomic E-state index is -0.424. The van der Waals surface area contributed by atoms with Crippen LogP contribution in [0.25, 0.3) is 0 Å². The van der Waals surface area contributed by atoms with Crippen LogP contribution in [0.2, 0.25) is 0 Å². The molecule has 1 atom stereocenters. The van der Waals surface area contributed by atoms with Crippen molar-refractivity contribution in [2.75, 3.05) is 26.8 Å². The van der Waals surface area contributed by atoms with Crippen LogP contribution in [-0.2, 0) is 9.53 Å². The van der Waals surface area contributed by atoms with E-state index in [1.807, 2.05) is 6.07 Å². The van der Waals surface area contributed by atoms with Crippen LogP contribution in [0, 0.1) is 17.2 Å². The topological polar surface area (TPSA) is 88.9 Å². The number of methoxy groups -OCH3 is 1. The minimum absolute atomic E-state index is 0.259. The first-order chi connectivity index (χ1) is 11.6. The number of nitrogens with zero attached hydrogens (tertiary/aromatic N) is 2. The van der Waals surface area contributed by atoms with Gasteiger partial charge < -0.3 is 19.1 Å². The molecule has 1 aliphatic heterocycles. The molecule has 0 radical (unpaired) electrons. The average Bonchev–Trinajstić information content (AvgIpc) is 2.62. The zero-order chi connectivity index (χ0) is 17.5. The van der Waals surface area contributed by atoms with E-state index in [-0.39, 0.29) is 12.3 Å². The number of rotatable bonds is 4. The molecule has 1 aromatic carbocycles. The molecule has 1 fully saturated rings. The monoisotopic (exact) mass is 332 g/mol. The molecular weight excluding hydrogens is 312 g/mol. The van der Waals surface area contributed by atoms with E-state index >= 15 is 0 Å². The minimum Gasteiger partial charge on any atom is -0.493 e. The van der Waals surface area contributed by atoms with Crippen LogP contribution in [0.1, 0.15) is 25.3 Å². The molecule has 7 heteroatoms. The lowest BCUT2D eigenvalue weighted by molar-refractivity contribution is -0.140. The molecule has 0 saturated carbocycles. The highest BCUT2D eigenvalue weighted by Gasteiger charge is 2.30. The van der Waals surface area contributed by atoms with E-state index in [2.05, 4.69) is 0 Å². The fourth-order valence-corrected chi connectivity index (χ4v) is 2.56. The molecule has 128 valence electrons. The van der Waals surface area contributed by atoms with Crippen molar-refractivity contribution < 1.29 is 23.8 Å². The quantitative estimate of drug-likeness (QED) is 0.621. The summed E-state index contributed by atoms with van der Waals surface area (Å²) in [5.41, 5.74) is 0.415.